The lowest BCUT2D eigenvalue weighted by molar-refractivity contribution is 0.111. The molecule has 2 rings (SSSR count). The van der Waals surface area contributed by atoms with Crippen LogP contribution in [0.3, 0.4) is 0 Å². The third kappa shape index (κ3) is 5.31. The molecule has 0 saturated heterocycles. The molecule has 0 bridgehead atoms. The highest BCUT2D eigenvalue weighted by molar-refractivity contribution is 5.46. The Morgan fingerprint density at radius 3 is 3.00 bits per heavy atom. The van der Waals surface area contributed by atoms with Gasteiger partial charge in [-0.2, -0.15) is 0 Å². The van der Waals surface area contributed by atoms with E-state index in [1.807, 2.05) is 0 Å². The SMILES string of the molecule is CCCC(CC)CCCOCc1ccc2c(n1)NCCC2. The van der Waals surface area contributed by atoms with Gasteiger partial charge in [0.2, 0.25) is 0 Å². The fourth-order valence-electron chi connectivity index (χ4n) is 3.06. The van der Waals surface area contributed by atoms with E-state index in [-0.39, 0.29) is 0 Å². The maximum absolute atomic E-state index is 5.79. The van der Waals surface area contributed by atoms with Gasteiger partial charge in [0.1, 0.15) is 5.82 Å². The van der Waals surface area contributed by atoms with Crippen LogP contribution in [0.15, 0.2) is 12.1 Å². The molecular formula is C18H30N2O. The van der Waals surface area contributed by atoms with Crippen molar-refractivity contribution in [3.05, 3.63) is 23.4 Å². The molecule has 1 unspecified atom stereocenters. The Hall–Kier alpha value is -1.09. The molecule has 1 aromatic heterocycles. The molecule has 0 aromatic carbocycles. The zero-order chi connectivity index (χ0) is 14.9. The largest absolute Gasteiger partial charge is 0.375 e. The smallest absolute Gasteiger partial charge is 0.129 e. The average Bonchev–Trinajstić information content (AvgIpc) is 2.53. The van der Waals surface area contributed by atoms with Gasteiger partial charge in [-0.1, -0.05) is 39.2 Å². The molecule has 0 amide bonds. The number of rotatable bonds is 9. The molecule has 1 aliphatic rings. The second-order valence-corrected chi connectivity index (χ2v) is 6.10. The molecule has 118 valence electrons. The third-order valence-corrected chi connectivity index (χ3v) is 4.38. The van der Waals surface area contributed by atoms with Crippen molar-refractivity contribution in [2.75, 3.05) is 18.5 Å². The van der Waals surface area contributed by atoms with Crippen molar-refractivity contribution in [2.45, 2.75) is 65.4 Å². The van der Waals surface area contributed by atoms with Crippen LogP contribution in [-0.2, 0) is 17.8 Å². The number of fused-ring (bicyclic) bond motifs is 1. The van der Waals surface area contributed by atoms with Crippen molar-refractivity contribution < 1.29 is 4.74 Å². The van der Waals surface area contributed by atoms with Gasteiger partial charge in [0.05, 0.1) is 12.3 Å². The number of nitrogens with zero attached hydrogens (tertiary/aromatic N) is 1. The minimum absolute atomic E-state index is 0.638. The third-order valence-electron chi connectivity index (χ3n) is 4.38. The van der Waals surface area contributed by atoms with E-state index >= 15 is 0 Å². The van der Waals surface area contributed by atoms with Crippen LogP contribution in [0.2, 0.25) is 0 Å². The van der Waals surface area contributed by atoms with E-state index in [0.717, 1.165) is 37.0 Å². The number of pyridine rings is 1. The summed E-state index contributed by atoms with van der Waals surface area (Å²) in [5, 5.41) is 3.37. The van der Waals surface area contributed by atoms with E-state index in [1.165, 1.54) is 44.1 Å². The number of hydrogen-bond acceptors (Lipinski definition) is 3. The molecule has 1 aromatic rings. The highest BCUT2D eigenvalue weighted by Crippen LogP contribution is 2.20. The van der Waals surface area contributed by atoms with Crippen LogP contribution in [-0.4, -0.2) is 18.1 Å². The lowest BCUT2D eigenvalue weighted by Gasteiger charge is -2.17. The summed E-state index contributed by atoms with van der Waals surface area (Å²) in [4.78, 5) is 4.66. The van der Waals surface area contributed by atoms with Gasteiger partial charge >= 0.3 is 0 Å². The Labute approximate surface area is 129 Å². The fraction of sp³-hybridized carbons (Fsp3) is 0.722. The number of anilines is 1. The summed E-state index contributed by atoms with van der Waals surface area (Å²) in [6.45, 7) is 7.10. The lowest BCUT2D eigenvalue weighted by Crippen LogP contribution is -2.14. The highest BCUT2D eigenvalue weighted by Gasteiger charge is 2.10. The van der Waals surface area contributed by atoms with E-state index in [4.69, 9.17) is 4.74 Å². The molecule has 0 aliphatic carbocycles. The number of ether oxygens (including phenoxy) is 1. The zero-order valence-corrected chi connectivity index (χ0v) is 13.7. The van der Waals surface area contributed by atoms with E-state index in [1.54, 1.807) is 0 Å². The average molecular weight is 290 g/mol. The van der Waals surface area contributed by atoms with Gasteiger partial charge in [0.15, 0.2) is 0 Å². The number of aromatic nitrogens is 1. The van der Waals surface area contributed by atoms with Crippen LogP contribution in [0.5, 0.6) is 0 Å². The Balaban J connectivity index is 1.67. The minimum atomic E-state index is 0.638. The second-order valence-electron chi connectivity index (χ2n) is 6.10. The first-order chi connectivity index (χ1) is 10.3. The Morgan fingerprint density at radius 2 is 2.19 bits per heavy atom. The van der Waals surface area contributed by atoms with Crippen molar-refractivity contribution in [2.24, 2.45) is 5.92 Å². The number of nitrogens with one attached hydrogen (secondary N) is 1. The molecule has 1 atom stereocenters. The molecule has 3 heteroatoms. The normalized spacial score (nSPS) is 15.3. The first-order valence-corrected chi connectivity index (χ1v) is 8.63. The molecule has 0 fully saturated rings. The molecule has 0 radical (unpaired) electrons. The zero-order valence-electron chi connectivity index (χ0n) is 13.7. The van der Waals surface area contributed by atoms with Gasteiger partial charge in [-0.15, -0.1) is 0 Å². The second kappa shape index (κ2) is 9.04. The number of aryl methyl sites for hydroxylation is 1. The summed E-state index contributed by atoms with van der Waals surface area (Å²) >= 11 is 0. The van der Waals surface area contributed by atoms with Crippen LogP contribution in [0.4, 0.5) is 5.82 Å². The summed E-state index contributed by atoms with van der Waals surface area (Å²) in [5.41, 5.74) is 2.39. The van der Waals surface area contributed by atoms with E-state index in [9.17, 15) is 0 Å². The van der Waals surface area contributed by atoms with Crippen LogP contribution in [0.1, 0.15) is 63.6 Å². The van der Waals surface area contributed by atoms with Gasteiger partial charge in [-0.25, -0.2) is 4.98 Å². The fourth-order valence-corrected chi connectivity index (χ4v) is 3.06. The maximum Gasteiger partial charge on any atom is 0.129 e. The first kappa shape index (κ1) is 16.3. The monoisotopic (exact) mass is 290 g/mol. The van der Waals surface area contributed by atoms with Crippen molar-refractivity contribution in [3.63, 3.8) is 0 Å². The molecule has 3 nitrogen and oxygen atoms in total. The van der Waals surface area contributed by atoms with E-state index in [0.29, 0.717) is 6.61 Å². The molecule has 1 aliphatic heterocycles. The standard InChI is InChI=1S/C18H30N2O/c1-3-7-15(4-2)8-6-13-21-14-17-11-10-16-9-5-12-19-18(16)20-17/h10-11,15H,3-9,12-14H2,1-2H3,(H,19,20). The first-order valence-electron chi connectivity index (χ1n) is 8.63. The van der Waals surface area contributed by atoms with Crippen molar-refractivity contribution in [1.29, 1.82) is 0 Å². The molecule has 21 heavy (non-hydrogen) atoms. The maximum atomic E-state index is 5.79. The van der Waals surface area contributed by atoms with Crippen molar-refractivity contribution in [1.82, 2.24) is 4.98 Å². The predicted molar refractivity (Wildman–Crippen MR) is 88.6 cm³/mol. The van der Waals surface area contributed by atoms with Gasteiger partial charge < -0.3 is 10.1 Å². The molecule has 0 spiro atoms. The van der Waals surface area contributed by atoms with E-state index in [2.05, 4.69) is 36.3 Å². The van der Waals surface area contributed by atoms with E-state index < -0.39 is 0 Å². The summed E-state index contributed by atoms with van der Waals surface area (Å²) in [5.74, 6) is 1.95. The topological polar surface area (TPSA) is 34.1 Å². The van der Waals surface area contributed by atoms with Crippen LogP contribution >= 0.6 is 0 Å². The van der Waals surface area contributed by atoms with Crippen LogP contribution in [0, 0.1) is 5.92 Å². The molecule has 2 heterocycles. The Morgan fingerprint density at radius 1 is 1.29 bits per heavy atom. The Kier molecular flexibility index (Phi) is 7.01. The summed E-state index contributed by atoms with van der Waals surface area (Å²) < 4.78 is 5.79. The van der Waals surface area contributed by atoms with Gasteiger partial charge in [0.25, 0.3) is 0 Å². The van der Waals surface area contributed by atoms with Gasteiger partial charge in [0, 0.05) is 13.2 Å². The van der Waals surface area contributed by atoms with Crippen LogP contribution in [0.25, 0.3) is 0 Å². The summed E-state index contributed by atoms with van der Waals surface area (Å²) in [6, 6.07) is 4.30. The predicted octanol–water partition coefficient (Wildman–Crippen LogP) is 4.56. The minimum Gasteiger partial charge on any atom is -0.375 e. The molecule has 0 saturated carbocycles. The lowest BCUT2D eigenvalue weighted by atomic mass is 9.96. The van der Waals surface area contributed by atoms with Gasteiger partial charge in [-0.3, -0.25) is 0 Å². The highest BCUT2D eigenvalue weighted by atomic mass is 16.5. The number of hydrogen-bond donors (Lipinski definition) is 1. The van der Waals surface area contributed by atoms with Crippen molar-refractivity contribution in [3.8, 4) is 0 Å². The quantitative estimate of drug-likeness (QED) is 0.677. The van der Waals surface area contributed by atoms with Gasteiger partial charge in [-0.05, 0) is 43.2 Å². The molecular weight excluding hydrogens is 260 g/mol. The summed E-state index contributed by atoms with van der Waals surface area (Å²) in [7, 11) is 0. The molecule has 1 N–H and O–H groups in total. The van der Waals surface area contributed by atoms with Crippen molar-refractivity contribution >= 4 is 5.82 Å². The Bertz CT molecular complexity index is 420. The summed E-state index contributed by atoms with van der Waals surface area (Å²) in [6.07, 6.45) is 8.77. The van der Waals surface area contributed by atoms with Crippen LogP contribution < -0.4 is 5.32 Å².